The molecular formula is C32H26F6N8OS. The number of hydrogen-bond donors (Lipinski definition) is 2. The fourth-order valence-electron chi connectivity index (χ4n) is 7.54. The average molecular weight is 685 g/mol. The van der Waals surface area contributed by atoms with Crippen molar-refractivity contribution in [3.63, 3.8) is 0 Å². The summed E-state index contributed by atoms with van der Waals surface area (Å²) >= 11 is 0.692. The summed E-state index contributed by atoms with van der Waals surface area (Å²) in [5.74, 6) is -2.14. The van der Waals surface area contributed by atoms with Crippen LogP contribution in [0.4, 0.5) is 37.2 Å². The van der Waals surface area contributed by atoms with E-state index in [0.717, 1.165) is 35.9 Å². The lowest BCUT2D eigenvalue weighted by Crippen LogP contribution is -2.43. The number of nitrogens with one attached hydrogen (secondary N) is 1. The summed E-state index contributed by atoms with van der Waals surface area (Å²) in [4.78, 5) is 12.6. The van der Waals surface area contributed by atoms with Gasteiger partial charge in [0.15, 0.2) is 5.82 Å². The van der Waals surface area contributed by atoms with Gasteiger partial charge in [0.1, 0.15) is 41.0 Å². The molecule has 0 spiro atoms. The molecule has 48 heavy (non-hydrogen) atoms. The molecule has 9 nitrogen and oxygen atoms in total. The summed E-state index contributed by atoms with van der Waals surface area (Å²) in [5.41, 5.74) is 3.70. The van der Waals surface area contributed by atoms with Crippen LogP contribution in [0.15, 0.2) is 24.4 Å². The maximum absolute atomic E-state index is 17.0. The first-order chi connectivity index (χ1) is 23.0. The van der Waals surface area contributed by atoms with Gasteiger partial charge in [0.25, 0.3) is 0 Å². The number of H-pyrrole nitrogens is 1. The topological polar surface area (TPSA) is 120 Å². The number of hydrogen-bond acceptors (Lipinski definition) is 9. The van der Waals surface area contributed by atoms with Crippen molar-refractivity contribution in [2.24, 2.45) is 0 Å². The molecule has 3 aliphatic heterocycles. The average Bonchev–Trinajstić information content (AvgIpc) is 3.81. The number of nitrogens with two attached hydrogens (primary N) is 1. The van der Waals surface area contributed by atoms with Crippen LogP contribution in [-0.4, -0.2) is 63.0 Å². The highest BCUT2D eigenvalue weighted by molar-refractivity contribution is 7.23. The molecule has 16 heteroatoms. The molecule has 2 atom stereocenters. The zero-order chi connectivity index (χ0) is 33.5. The number of aromatic nitrogens is 4. The molecule has 3 aliphatic rings. The number of nitrogen functional groups attached to an aromatic ring is 1. The Kier molecular flexibility index (Phi) is 7.01. The molecule has 6 heterocycles. The monoisotopic (exact) mass is 684 g/mol. The second-order valence-corrected chi connectivity index (χ2v) is 13.6. The van der Waals surface area contributed by atoms with E-state index in [2.05, 4.69) is 20.2 Å². The van der Waals surface area contributed by atoms with Gasteiger partial charge >= 0.3 is 12.2 Å². The third kappa shape index (κ3) is 4.73. The number of halogens is 6. The van der Waals surface area contributed by atoms with E-state index in [1.807, 2.05) is 11.0 Å². The number of benzene rings is 2. The van der Waals surface area contributed by atoms with Gasteiger partial charge in [-0.2, -0.15) is 33.5 Å². The van der Waals surface area contributed by atoms with Crippen molar-refractivity contribution < 1.29 is 31.1 Å². The Morgan fingerprint density at radius 1 is 1.21 bits per heavy atom. The Labute approximate surface area is 272 Å². The Balaban J connectivity index is 1.35. The first-order valence-corrected chi connectivity index (χ1v) is 16.1. The van der Waals surface area contributed by atoms with Crippen molar-refractivity contribution >= 4 is 43.1 Å². The number of nitrogens with zero attached hydrogens (tertiary/aromatic N) is 6. The number of rotatable bonds is 5. The zero-order valence-corrected chi connectivity index (χ0v) is 25.9. The van der Waals surface area contributed by atoms with Gasteiger partial charge in [-0.15, -0.1) is 11.3 Å². The van der Waals surface area contributed by atoms with Gasteiger partial charge in [-0.25, -0.2) is 13.2 Å². The molecule has 2 saturated heterocycles. The van der Waals surface area contributed by atoms with Crippen molar-refractivity contribution in [1.29, 1.82) is 5.26 Å². The van der Waals surface area contributed by atoms with E-state index in [-0.39, 0.29) is 69.5 Å². The molecule has 3 N–H and O–H groups in total. The Hall–Kier alpha value is -4.62. The van der Waals surface area contributed by atoms with Crippen LogP contribution in [0.5, 0.6) is 6.01 Å². The van der Waals surface area contributed by atoms with E-state index in [0.29, 0.717) is 37.3 Å². The molecule has 0 bridgehead atoms. The zero-order valence-electron chi connectivity index (χ0n) is 25.1. The lowest BCUT2D eigenvalue weighted by Gasteiger charge is -2.31. The number of fused-ring (bicyclic) bond motifs is 4. The molecule has 0 saturated carbocycles. The fraction of sp³-hybridized carbons (Fsp3) is 0.375. The van der Waals surface area contributed by atoms with Gasteiger partial charge in [-0.1, -0.05) is 6.07 Å². The first-order valence-electron chi connectivity index (χ1n) is 15.3. The molecule has 8 rings (SSSR count). The number of anilines is 2. The standard InChI is InChI=1S/C32H26F6N8OS/c33-16-9-31(5-1-6-46(31)12-16)14-47-30-42-26-18(29(43-30)45-7-4-15-11-41-44-22(15)13-45)8-20(32(36,37)38)24(25(26)35)17-2-3-21(34)27-23(17)19(10-39)28(40)48-27/h2-3,8,11,16H,1,4-7,9,12-14,40H2,(H,41,44). The van der Waals surface area contributed by atoms with E-state index >= 15 is 4.39 Å². The molecule has 248 valence electrons. The number of thiophene rings is 1. The van der Waals surface area contributed by atoms with Crippen LogP contribution in [0.1, 0.15) is 41.6 Å². The SMILES string of the molecule is N#Cc1c(N)sc2c(F)ccc(-c3c(C(F)(F)F)cc4c(N5CCc6cn[nH]c6C5)nc(OCC56CCCN5CC(F)C6)nc4c3F)c12. The van der Waals surface area contributed by atoms with Crippen LogP contribution >= 0.6 is 11.3 Å². The second-order valence-electron chi connectivity index (χ2n) is 12.5. The maximum atomic E-state index is 17.0. The Morgan fingerprint density at radius 3 is 2.83 bits per heavy atom. The van der Waals surface area contributed by atoms with Crippen LogP contribution in [0.3, 0.4) is 0 Å². The van der Waals surface area contributed by atoms with E-state index in [1.165, 1.54) is 0 Å². The van der Waals surface area contributed by atoms with E-state index in [1.54, 1.807) is 11.1 Å². The van der Waals surface area contributed by atoms with Crippen molar-refractivity contribution in [2.75, 3.05) is 36.9 Å². The van der Waals surface area contributed by atoms with Crippen LogP contribution < -0.4 is 15.4 Å². The molecule has 3 aromatic heterocycles. The lowest BCUT2D eigenvalue weighted by molar-refractivity contribution is -0.137. The van der Waals surface area contributed by atoms with E-state index in [9.17, 15) is 27.2 Å². The van der Waals surface area contributed by atoms with Gasteiger partial charge in [0.05, 0.1) is 39.8 Å². The maximum Gasteiger partial charge on any atom is 0.417 e. The summed E-state index contributed by atoms with van der Waals surface area (Å²) in [6.07, 6.45) is -2.15. The fourth-order valence-corrected chi connectivity index (χ4v) is 8.49. The molecule has 5 aromatic rings. The molecule has 0 aliphatic carbocycles. The molecule has 2 fully saturated rings. The van der Waals surface area contributed by atoms with E-state index < -0.39 is 46.2 Å². The highest BCUT2D eigenvalue weighted by atomic mass is 32.1. The van der Waals surface area contributed by atoms with Crippen LogP contribution in [-0.2, 0) is 19.1 Å². The third-order valence-corrected chi connectivity index (χ3v) is 10.8. The summed E-state index contributed by atoms with van der Waals surface area (Å²) in [5, 5.41) is 16.2. The smallest absolute Gasteiger partial charge is 0.417 e. The predicted molar refractivity (Wildman–Crippen MR) is 166 cm³/mol. The molecule has 2 unspecified atom stereocenters. The number of alkyl halides is 4. The first kappa shape index (κ1) is 30.7. The molecule has 2 aromatic carbocycles. The number of nitriles is 1. The van der Waals surface area contributed by atoms with Crippen molar-refractivity contribution in [3.8, 4) is 23.2 Å². The Bertz CT molecular complexity index is 2160. The minimum absolute atomic E-state index is 0.0104. The van der Waals surface area contributed by atoms with Crippen LogP contribution in [0, 0.1) is 23.0 Å². The predicted octanol–water partition coefficient (Wildman–Crippen LogP) is 6.50. The largest absolute Gasteiger partial charge is 0.461 e. The minimum Gasteiger partial charge on any atom is -0.461 e. The highest BCUT2D eigenvalue weighted by Gasteiger charge is 2.49. The van der Waals surface area contributed by atoms with Gasteiger partial charge in [-0.3, -0.25) is 10.00 Å². The van der Waals surface area contributed by atoms with E-state index in [4.69, 9.17) is 10.5 Å². The quantitative estimate of drug-likeness (QED) is 0.201. The second kappa shape index (κ2) is 11.0. The third-order valence-electron chi connectivity index (χ3n) is 9.73. The lowest BCUT2D eigenvalue weighted by atomic mass is 9.92. The van der Waals surface area contributed by atoms with Gasteiger partial charge in [0, 0.05) is 35.8 Å². The Morgan fingerprint density at radius 2 is 2.04 bits per heavy atom. The van der Waals surface area contributed by atoms with Crippen LogP contribution in [0.2, 0.25) is 0 Å². The van der Waals surface area contributed by atoms with Crippen molar-refractivity contribution in [3.05, 3.63) is 58.4 Å². The van der Waals surface area contributed by atoms with Crippen molar-refractivity contribution in [2.45, 2.75) is 50.1 Å². The highest BCUT2D eigenvalue weighted by Crippen LogP contribution is 2.48. The number of ether oxygens (including phenoxy) is 1. The van der Waals surface area contributed by atoms with Crippen molar-refractivity contribution in [1.82, 2.24) is 25.1 Å². The van der Waals surface area contributed by atoms with Crippen LogP contribution in [0.25, 0.3) is 32.1 Å². The molecule has 0 radical (unpaired) electrons. The molecule has 0 amide bonds. The minimum atomic E-state index is -5.08. The summed E-state index contributed by atoms with van der Waals surface area (Å²) < 4.78 is 97.0. The number of aromatic amines is 1. The van der Waals surface area contributed by atoms with Gasteiger partial charge < -0.3 is 15.4 Å². The molecular weight excluding hydrogens is 658 g/mol. The summed E-state index contributed by atoms with van der Waals surface area (Å²) in [6.45, 7) is 1.52. The normalized spacial score (nSPS) is 21.2. The summed E-state index contributed by atoms with van der Waals surface area (Å²) in [7, 11) is 0. The van der Waals surface area contributed by atoms with Gasteiger partial charge in [-0.05, 0) is 49.1 Å². The van der Waals surface area contributed by atoms with Gasteiger partial charge in [0.2, 0.25) is 0 Å². The summed E-state index contributed by atoms with van der Waals surface area (Å²) in [6, 6.07) is 4.26.